The van der Waals surface area contributed by atoms with Crippen LogP contribution in [0, 0.1) is 34.5 Å². The van der Waals surface area contributed by atoms with Crippen LogP contribution in [0.3, 0.4) is 0 Å². The quantitative estimate of drug-likeness (QED) is 0.0483. The molecule has 0 radical (unpaired) electrons. The molecule has 0 aliphatic heterocycles. The maximum absolute atomic E-state index is 12.3. The molecule has 0 aliphatic carbocycles. The van der Waals surface area contributed by atoms with Crippen molar-refractivity contribution in [2.45, 2.75) is 125 Å². The van der Waals surface area contributed by atoms with E-state index in [1.54, 1.807) is 39.8 Å². The number of carbonyl (C=O) groups is 2. The molecule has 0 amide bonds. The Morgan fingerprint density at radius 3 is 1.13 bits per heavy atom. The lowest BCUT2D eigenvalue weighted by Crippen LogP contribution is -2.08. The van der Waals surface area contributed by atoms with E-state index in [9.17, 15) is 20.1 Å². The Morgan fingerprint density at radius 1 is 0.528 bits per heavy atom. The molecule has 0 saturated heterocycles. The highest BCUT2D eigenvalue weighted by atomic mass is 16.5. The predicted octanol–water partition coefficient (Wildman–Crippen LogP) is 11.3. The summed E-state index contributed by atoms with van der Waals surface area (Å²) in [5.74, 6) is 1.83. The van der Waals surface area contributed by atoms with Crippen molar-refractivity contribution in [2.24, 2.45) is 11.8 Å². The van der Waals surface area contributed by atoms with Crippen LogP contribution in [0.5, 0.6) is 23.0 Å². The number of carbonyl (C=O) groups excluding carboxylic acids is 2. The van der Waals surface area contributed by atoms with Gasteiger partial charge in [0, 0.05) is 11.8 Å². The number of nitrogens with zero attached hydrogens (tertiary/aromatic N) is 2. The molecule has 0 bridgehead atoms. The van der Waals surface area contributed by atoms with E-state index >= 15 is 0 Å². The van der Waals surface area contributed by atoms with Crippen molar-refractivity contribution < 1.29 is 28.5 Å². The van der Waals surface area contributed by atoms with Crippen LogP contribution in [0.25, 0.3) is 12.2 Å². The molecule has 288 valence electrons. The van der Waals surface area contributed by atoms with E-state index in [4.69, 9.17) is 18.9 Å². The van der Waals surface area contributed by atoms with Crippen LogP contribution in [0.1, 0.15) is 136 Å². The second-order valence-corrected chi connectivity index (χ2v) is 13.9. The van der Waals surface area contributed by atoms with Crippen LogP contribution in [0.4, 0.5) is 0 Å². The van der Waals surface area contributed by atoms with E-state index < -0.39 is 0 Å². The van der Waals surface area contributed by atoms with Crippen molar-refractivity contribution in [1.82, 2.24) is 0 Å². The first-order valence-electron chi connectivity index (χ1n) is 19.8. The van der Waals surface area contributed by atoms with E-state index in [-0.39, 0.29) is 34.5 Å². The Morgan fingerprint density at radius 2 is 0.849 bits per heavy atom. The number of rotatable bonds is 28. The number of unbranched alkanes of at least 4 members (excludes halogenated alkanes) is 12. The van der Waals surface area contributed by atoms with Crippen LogP contribution >= 0.6 is 0 Å². The molecule has 0 fully saturated rings. The molecule has 53 heavy (non-hydrogen) atoms. The molecule has 0 aliphatic rings. The van der Waals surface area contributed by atoms with Crippen LogP contribution in [-0.4, -0.2) is 38.0 Å². The maximum Gasteiger partial charge on any atom is 0.175 e. The van der Waals surface area contributed by atoms with Crippen molar-refractivity contribution in [1.29, 1.82) is 10.5 Å². The summed E-state index contributed by atoms with van der Waals surface area (Å²) in [6.45, 7) is 13.3. The number of nitriles is 2. The normalized spacial score (nSPS) is 11.7. The second-order valence-electron chi connectivity index (χ2n) is 13.9. The third kappa shape index (κ3) is 17.2. The van der Waals surface area contributed by atoms with Crippen LogP contribution in [0.2, 0.25) is 0 Å². The molecule has 8 nitrogen and oxygen atoms in total. The Balaban J connectivity index is 1.55. The number of hydrogen-bond acceptors (Lipinski definition) is 8. The van der Waals surface area contributed by atoms with Crippen LogP contribution in [-0.2, 0) is 9.59 Å². The lowest BCUT2D eigenvalue weighted by atomic mass is 10.00. The first-order chi connectivity index (χ1) is 25.6. The lowest BCUT2D eigenvalue weighted by Gasteiger charge is -2.13. The number of benzene rings is 2. The number of allylic oxidation sites excluding steroid dienone is 2. The highest BCUT2D eigenvalue weighted by Gasteiger charge is 2.15. The summed E-state index contributed by atoms with van der Waals surface area (Å²) in [4.78, 5) is 24.5. The predicted molar refractivity (Wildman–Crippen MR) is 213 cm³/mol. The maximum atomic E-state index is 12.3. The molecule has 0 spiro atoms. The standard InChI is InChI=1S/C45H62N2O6/c1-7-50-42-30-36(28-38(32-46)44(48)34(3)4)22-24-40(42)52-26-20-18-16-14-12-10-9-11-13-15-17-19-21-27-53-41-25-23-37(31-43(41)51-8-2)29-39(33-47)45(49)35(5)6/h22-25,28-31,34-35H,7-21,26-27H2,1-6H3. The summed E-state index contributed by atoms with van der Waals surface area (Å²) in [5.41, 5.74) is 1.78. The fourth-order valence-corrected chi connectivity index (χ4v) is 5.79. The van der Waals surface area contributed by atoms with E-state index in [0.29, 0.717) is 49.4 Å². The fourth-order valence-electron chi connectivity index (χ4n) is 5.79. The molecule has 2 aromatic rings. The van der Waals surface area contributed by atoms with E-state index in [1.807, 2.05) is 62.4 Å². The van der Waals surface area contributed by atoms with Gasteiger partial charge in [-0.2, -0.15) is 10.5 Å². The molecule has 8 heteroatoms. The molecule has 0 unspecified atom stereocenters. The monoisotopic (exact) mass is 726 g/mol. The summed E-state index contributed by atoms with van der Waals surface area (Å²) in [5, 5.41) is 18.8. The Labute approximate surface area is 319 Å². The first-order valence-corrected chi connectivity index (χ1v) is 19.8. The third-order valence-electron chi connectivity index (χ3n) is 8.78. The summed E-state index contributed by atoms with van der Waals surface area (Å²) < 4.78 is 23.6. The molecule has 2 aromatic carbocycles. The summed E-state index contributed by atoms with van der Waals surface area (Å²) in [6.07, 6.45) is 18.9. The van der Waals surface area contributed by atoms with Crippen LogP contribution in [0.15, 0.2) is 47.5 Å². The van der Waals surface area contributed by atoms with Crippen LogP contribution < -0.4 is 18.9 Å². The molecule has 2 rings (SSSR count). The summed E-state index contributed by atoms with van der Waals surface area (Å²) in [7, 11) is 0. The van der Waals surface area contributed by atoms with Gasteiger partial charge in [-0.15, -0.1) is 0 Å². The Kier molecular flexibility index (Phi) is 22.1. The van der Waals surface area contributed by atoms with Crippen molar-refractivity contribution in [3.05, 3.63) is 58.7 Å². The molecule has 0 heterocycles. The van der Waals surface area contributed by atoms with Gasteiger partial charge in [0.15, 0.2) is 34.6 Å². The summed E-state index contributed by atoms with van der Waals surface area (Å²) in [6, 6.07) is 15.1. The highest BCUT2D eigenvalue weighted by Crippen LogP contribution is 2.31. The van der Waals surface area contributed by atoms with Gasteiger partial charge < -0.3 is 18.9 Å². The molecule has 0 atom stereocenters. The van der Waals surface area contributed by atoms with Gasteiger partial charge in [-0.1, -0.05) is 110 Å². The van der Waals surface area contributed by atoms with Gasteiger partial charge in [-0.05, 0) is 74.2 Å². The molecule has 0 aromatic heterocycles. The zero-order valence-corrected chi connectivity index (χ0v) is 33.1. The average Bonchev–Trinajstić information content (AvgIpc) is 3.14. The van der Waals surface area contributed by atoms with Gasteiger partial charge >= 0.3 is 0 Å². The Hall–Kier alpha value is -4.56. The van der Waals surface area contributed by atoms with Crippen molar-refractivity contribution >= 4 is 23.7 Å². The van der Waals surface area contributed by atoms with E-state index in [0.717, 1.165) is 36.8 Å². The number of hydrogen-bond donors (Lipinski definition) is 0. The number of Topliss-reactive ketones (excluding diaryl/α,β-unsaturated/α-hetero) is 2. The second kappa shape index (κ2) is 26.2. The third-order valence-corrected chi connectivity index (χ3v) is 8.78. The summed E-state index contributed by atoms with van der Waals surface area (Å²) >= 11 is 0. The topological polar surface area (TPSA) is 119 Å². The number of ketones is 2. The minimum atomic E-state index is -0.232. The van der Waals surface area contributed by atoms with Gasteiger partial charge in [0.05, 0.1) is 37.6 Å². The SMILES string of the molecule is CCOc1cc(C=C(C#N)C(=O)C(C)C)ccc1OCCCCCCCCCCCCCCCOc1ccc(C=C(C#N)C(=O)C(C)C)cc1OCC. The zero-order chi connectivity index (χ0) is 38.8. The van der Waals surface area contributed by atoms with Crippen molar-refractivity contribution in [2.75, 3.05) is 26.4 Å². The Bertz CT molecular complexity index is 1440. The van der Waals surface area contributed by atoms with E-state index in [2.05, 4.69) is 0 Å². The first kappa shape index (κ1) is 44.6. The number of ether oxygens (including phenoxy) is 4. The molecule has 0 N–H and O–H groups in total. The van der Waals surface area contributed by atoms with E-state index in [1.165, 1.54) is 57.8 Å². The van der Waals surface area contributed by atoms with Gasteiger partial charge in [-0.25, -0.2) is 0 Å². The highest BCUT2D eigenvalue weighted by molar-refractivity contribution is 6.04. The molecular weight excluding hydrogens is 665 g/mol. The lowest BCUT2D eigenvalue weighted by molar-refractivity contribution is -0.118. The van der Waals surface area contributed by atoms with Gasteiger partial charge in [-0.3, -0.25) is 9.59 Å². The molecule has 0 saturated carbocycles. The van der Waals surface area contributed by atoms with Gasteiger partial charge in [0.1, 0.15) is 12.1 Å². The van der Waals surface area contributed by atoms with Gasteiger partial charge in [0.25, 0.3) is 0 Å². The van der Waals surface area contributed by atoms with Crippen molar-refractivity contribution in [3.63, 3.8) is 0 Å². The van der Waals surface area contributed by atoms with Gasteiger partial charge in [0.2, 0.25) is 0 Å². The minimum absolute atomic E-state index is 0.146. The zero-order valence-electron chi connectivity index (χ0n) is 33.1. The molecular formula is C45H62N2O6. The smallest absolute Gasteiger partial charge is 0.175 e. The minimum Gasteiger partial charge on any atom is -0.490 e. The van der Waals surface area contributed by atoms with Crippen molar-refractivity contribution in [3.8, 4) is 35.1 Å². The largest absolute Gasteiger partial charge is 0.490 e. The average molecular weight is 727 g/mol. The fraction of sp³-hybridized carbons (Fsp3) is 0.556.